The summed E-state index contributed by atoms with van der Waals surface area (Å²) in [5, 5.41) is 11.5. The van der Waals surface area contributed by atoms with E-state index in [1.807, 2.05) is 0 Å². The van der Waals surface area contributed by atoms with Crippen molar-refractivity contribution in [1.82, 2.24) is 4.90 Å². The molecule has 1 rings (SSSR count). The van der Waals surface area contributed by atoms with E-state index in [9.17, 15) is 5.11 Å². The number of hydrogen-bond donors (Lipinski definition) is 0. The van der Waals surface area contributed by atoms with Gasteiger partial charge in [0.15, 0.2) is 0 Å². The molecule has 0 spiro atoms. The zero-order chi connectivity index (χ0) is 10.4. The average molecular weight is 197 g/mol. The quantitative estimate of drug-likeness (QED) is 0.363. The van der Waals surface area contributed by atoms with Crippen LogP contribution in [0.1, 0.15) is 12.8 Å². The first-order valence-electron chi connectivity index (χ1n) is 4.88. The molecule has 1 saturated heterocycles. The van der Waals surface area contributed by atoms with Gasteiger partial charge in [0.25, 0.3) is 0 Å². The molecule has 0 bridgehead atoms. The molecule has 0 aromatic carbocycles. The molecule has 80 valence electrons. The number of hydrogen-bond acceptors (Lipinski definition) is 3. The highest BCUT2D eigenvalue weighted by Crippen LogP contribution is 2.13. The number of rotatable bonds is 3. The molecule has 0 radical (unpaired) electrons. The second-order valence-electron chi connectivity index (χ2n) is 3.29. The van der Waals surface area contributed by atoms with Crippen molar-refractivity contribution in [2.75, 3.05) is 26.8 Å². The predicted molar refractivity (Wildman–Crippen MR) is 54.1 cm³/mol. The maximum Gasteiger partial charge on any atom is 0.0500 e. The summed E-state index contributed by atoms with van der Waals surface area (Å²) in [6.07, 6.45) is 3.53. The van der Waals surface area contributed by atoms with E-state index < -0.39 is 0 Å². The number of nitrogens with zero attached hydrogens (tertiary/aromatic N) is 2. The fourth-order valence-corrected chi connectivity index (χ4v) is 1.65. The average Bonchev–Trinajstić information content (AvgIpc) is 2.26. The molecule has 4 heteroatoms. The van der Waals surface area contributed by atoms with Gasteiger partial charge in [0, 0.05) is 32.8 Å². The van der Waals surface area contributed by atoms with Crippen LogP contribution in [0.3, 0.4) is 0 Å². The van der Waals surface area contributed by atoms with E-state index in [4.69, 9.17) is 4.74 Å². The van der Waals surface area contributed by atoms with Crippen LogP contribution in [0.2, 0.25) is 0 Å². The standard InChI is InChI=1S/C10H18N2O2/c1-3-6-12(10(13)11-2)9-4-7-14-8-5-9/h3,9H,1,4-8H2,2H3,(H,11,13)/p-1. The van der Waals surface area contributed by atoms with Gasteiger partial charge in [-0.3, -0.25) is 4.99 Å². The second-order valence-corrected chi connectivity index (χ2v) is 3.29. The minimum Gasteiger partial charge on any atom is -0.846 e. The topological polar surface area (TPSA) is 47.9 Å². The van der Waals surface area contributed by atoms with Gasteiger partial charge in [-0.2, -0.15) is 0 Å². The van der Waals surface area contributed by atoms with E-state index in [-0.39, 0.29) is 12.1 Å². The number of ether oxygens (including phenoxy) is 1. The first kappa shape index (κ1) is 11.0. The first-order valence-corrected chi connectivity index (χ1v) is 4.88. The zero-order valence-corrected chi connectivity index (χ0v) is 8.61. The summed E-state index contributed by atoms with van der Waals surface area (Å²) in [5.74, 6) is 0. The van der Waals surface area contributed by atoms with Crippen LogP contribution < -0.4 is 5.11 Å². The Hall–Kier alpha value is -1.03. The van der Waals surface area contributed by atoms with E-state index in [1.165, 1.54) is 7.05 Å². The van der Waals surface area contributed by atoms with Crippen molar-refractivity contribution in [3.8, 4) is 0 Å². The van der Waals surface area contributed by atoms with Gasteiger partial charge in [-0.25, -0.2) is 0 Å². The summed E-state index contributed by atoms with van der Waals surface area (Å²) >= 11 is 0. The molecule has 0 aromatic heterocycles. The Morgan fingerprint density at radius 2 is 2.29 bits per heavy atom. The minimum absolute atomic E-state index is 0.156. The lowest BCUT2D eigenvalue weighted by Gasteiger charge is -2.38. The van der Waals surface area contributed by atoms with E-state index >= 15 is 0 Å². The minimum atomic E-state index is -0.156. The van der Waals surface area contributed by atoms with Crippen LogP contribution in [0.25, 0.3) is 0 Å². The van der Waals surface area contributed by atoms with Crippen LogP contribution in [0, 0.1) is 0 Å². The molecule has 1 fully saturated rings. The van der Waals surface area contributed by atoms with Crippen molar-refractivity contribution >= 4 is 6.02 Å². The maximum atomic E-state index is 11.5. The van der Waals surface area contributed by atoms with Gasteiger partial charge in [-0.15, -0.1) is 6.58 Å². The second kappa shape index (κ2) is 5.65. The van der Waals surface area contributed by atoms with Crippen molar-refractivity contribution < 1.29 is 9.84 Å². The van der Waals surface area contributed by atoms with Crippen LogP contribution in [-0.4, -0.2) is 43.8 Å². The van der Waals surface area contributed by atoms with Gasteiger partial charge in [0.05, 0.1) is 6.02 Å². The summed E-state index contributed by atoms with van der Waals surface area (Å²) in [7, 11) is 1.53. The Labute approximate surface area is 84.9 Å². The molecule has 0 aliphatic carbocycles. The molecule has 4 nitrogen and oxygen atoms in total. The van der Waals surface area contributed by atoms with Crippen molar-refractivity contribution in [2.24, 2.45) is 4.99 Å². The highest BCUT2D eigenvalue weighted by atomic mass is 16.5. The van der Waals surface area contributed by atoms with Gasteiger partial charge in [-0.05, 0) is 12.8 Å². The third kappa shape index (κ3) is 2.73. The molecule has 0 unspecified atom stereocenters. The zero-order valence-electron chi connectivity index (χ0n) is 8.61. The molecule has 0 amide bonds. The third-order valence-electron chi connectivity index (χ3n) is 2.39. The van der Waals surface area contributed by atoms with E-state index in [2.05, 4.69) is 11.6 Å². The Kier molecular flexibility index (Phi) is 4.46. The lowest BCUT2D eigenvalue weighted by Crippen LogP contribution is -2.48. The molecule has 1 aliphatic rings. The third-order valence-corrected chi connectivity index (χ3v) is 2.39. The van der Waals surface area contributed by atoms with Gasteiger partial charge >= 0.3 is 0 Å². The summed E-state index contributed by atoms with van der Waals surface area (Å²) in [5.41, 5.74) is 0. The molecule has 14 heavy (non-hydrogen) atoms. The number of aliphatic imine (C=N–C) groups is 1. The molecular formula is C10H17N2O2-. The lowest BCUT2D eigenvalue weighted by atomic mass is 10.1. The van der Waals surface area contributed by atoms with Crippen LogP contribution >= 0.6 is 0 Å². The Bertz CT molecular complexity index is 210. The van der Waals surface area contributed by atoms with Crippen LogP contribution in [-0.2, 0) is 4.74 Å². The first-order chi connectivity index (χ1) is 6.79. The van der Waals surface area contributed by atoms with Crippen molar-refractivity contribution in [3.05, 3.63) is 12.7 Å². The van der Waals surface area contributed by atoms with Crippen LogP contribution in [0.15, 0.2) is 17.6 Å². The van der Waals surface area contributed by atoms with Gasteiger partial charge in [-0.1, -0.05) is 6.08 Å². The number of amidine groups is 1. The van der Waals surface area contributed by atoms with Crippen molar-refractivity contribution in [3.63, 3.8) is 0 Å². The monoisotopic (exact) mass is 197 g/mol. The summed E-state index contributed by atoms with van der Waals surface area (Å²) < 4.78 is 5.25. The van der Waals surface area contributed by atoms with Crippen molar-refractivity contribution in [2.45, 2.75) is 18.9 Å². The van der Waals surface area contributed by atoms with E-state index in [0.29, 0.717) is 6.54 Å². The summed E-state index contributed by atoms with van der Waals surface area (Å²) in [6, 6.07) is 0.106. The molecule has 0 atom stereocenters. The lowest BCUT2D eigenvalue weighted by molar-refractivity contribution is -0.238. The summed E-state index contributed by atoms with van der Waals surface area (Å²) in [4.78, 5) is 5.44. The van der Waals surface area contributed by atoms with Crippen LogP contribution in [0.4, 0.5) is 0 Å². The van der Waals surface area contributed by atoms with E-state index in [0.717, 1.165) is 26.1 Å². The van der Waals surface area contributed by atoms with E-state index in [1.54, 1.807) is 11.0 Å². The molecule has 1 heterocycles. The smallest absolute Gasteiger partial charge is 0.0500 e. The maximum absolute atomic E-state index is 11.5. The summed E-state index contributed by atoms with van der Waals surface area (Å²) in [6.45, 7) is 5.68. The molecule has 1 aliphatic heterocycles. The fourth-order valence-electron chi connectivity index (χ4n) is 1.65. The predicted octanol–water partition coefficient (Wildman–Crippen LogP) is -0.000500. The Morgan fingerprint density at radius 1 is 1.64 bits per heavy atom. The fraction of sp³-hybridized carbons (Fsp3) is 0.700. The van der Waals surface area contributed by atoms with Gasteiger partial charge in [0.2, 0.25) is 0 Å². The van der Waals surface area contributed by atoms with Gasteiger partial charge in [0.1, 0.15) is 0 Å². The molecule has 0 N–H and O–H groups in total. The Morgan fingerprint density at radius 3 is 2.79 bits per heavy atom. The Balaban J connectivity index is 2.60. The molecular weight excluding hydrogens is 180 g/mol. The normalized spacial score (nSPS) is 19.4. The van der Waals surface area contributed by atoms with Gasteiger partial charge < -0.3 is 14.7 Å². The molecule has 0 saturated carbocycles. The largest absolute Gasteiger partial charge is 0.846 e. The highest BCUT2D eigenvalue weighted by Gasteiger charge is 2.19. The highest BCUT2D eigenvalue weighted by molar-refractivity contribution is 5.69. The SMILES string of the molecule is C=CCN(C([O-])=NC)C1CCOCC1. The van der Waals surface area contributed by atoms with Crippen LogP contribution in [0.5, 0.6) is 0 Å². The molecule has 0 aromatic rings. The van der Waals surface area contributed by atoms with Crippen molar-refractivity contribution in [1.29, 1.82) is 0 Å².